The fraction of sp³-hybridized carbons (Fsp3) is 0.812. The van der Waals surface area contributed by atoms with Crippen LogP contribution < -0.4 is 5.32 Å². The average molecular weight is 321 g/mol. The predicted octanol–water partition coefficient (Wildman–Crippen LogP) is 0.664. The summed E-state index contributed by atoms with van der Waals surface area (Å²) in [7, 11) is 0. The van der Waals surface area contributed by atoms with Gasteiger partial charge in [0.05, 0.1) is 6.54 Å². The van der Waals surface area contributed by atoms with Crippen molar-refractivity contribution in [3.05, 3.63) is 11.7 Å². The van der Waals surface area contributed by atoms with Gasteiger partial charge in [0.2, 0.25) is 11.8 Å². The molecule has 1 aromatic heterocycles. The topological polar surface area (TPSA) is 74.5 Å². The van der Waals surface area contributed by atoms with Crippen molar-refractivity contribution < 1.29 is 9.32 Å². The van der Waals surface area contributed by atoms with Gasteiger partial charge in [0.1, 0.15) is 0 Å². The van der Waals surface area contributed by atoms with Gasteiger partial charge in [-0.05, 0) is 26.3 Å². The van der Waals surface area contributed by atoms with Crippen molar-refractivity contribution in [2.75, 3.05) is 32.7 Å². The summed E-state index contributed by atoms with van der Waals surface area (Å²) >= 11 is 0. The van der Waals surface area contributed by atoms with Gasteiger partial charge in [-0.3, -0.25) is 9.69 Å². The number of aromatic nitrogens is 2. The first-order chi connectivity index (χ1) is 11.2. The Labute approximate surface area is 137 Å². The van der Waals surface area contributed by atoms with E-state index in [9.17, 15) is 4.79 Å². The Morgan fingerprint density at radius 1 is 1.35 bits per heavy atom. The molecule has 0 spiro atoms. The van der Waals surface area contributed by atoms with E-state index in [1.165, 1.54) is 0 Å². The molecule has 2 saturated heterocycles. The van der Waals surface area contributed by atoms with Crippen LogP contribution in [-0.4, -0.2) is 64.6 Å². The van der Waals surface area contributed by atoms with Gasteiger partial charge in [0.15, 0.2) is 5.82 Å². The van der Waals surface area contributed by atoms with Crippen molar-refractivity contribution in [2.45, 2.75) is 45.7 Å². The van der Waals surface area contributed by atoms with E-state index in [1.807, 2.05) is 11.8 Å². The van der Waals surface area contributed by atoms with E-state index in [4.69, 9.17) is 4.52 Å². The average Bonchev–Trinajstić information content (AvgIpc) is 3.02. The molecule has 7 nitrogen and oxygen atoms in total. The van der Waals surface area contributed by atoms with Crippen LogP contribution in [-0.2, 0) is 17.8 Å². The largest absolute Gasteiger partial charge is 0.340 e. The molecule has 0 aliphatic carbocycles. The zero-order valence-electron chi connectivity index (χ0n) is 14.1. The van der Waals surface area contributed by atoms with E-state index in [0.717, 1.165) is 57.8 Å². The fourth-order valence-electron chi connectivity index (χ4n) is 3.44. The molecular formula is C16H27N5O2. The summed E-state index contributed by atoms with van der Waals surface area (Å²) in [5, 5.41) is 7.41. The molecule has 128 valence electrons. The normalized spacial score (nSPS) is 26.4. The molecule has 0 unspecified atom stereocenters. The Balaban J connectivity index is 1.47. The number of rotatable bonds is 4. The van der Waals surface area contributed by atoms with Crippen LogP contribution in [0.4, 0.5) is 0 Å². The molecule has 1 amide bonds. The van der Waals surface area contributed by atoms with E-state index in [2.05, 4.69) is 27.3 Å². The number of hydrogen-bond donors (Lipinski definition) is 1. The van der Waals surface area contributed by atoms with Crippen molar-refractivity contribution in [1.82, 2.24) is 25.3 Å². The Morgan fingerprint density at radius 3 is 2.78 bits per heavy atom. The van der Waals surface area contributed by atoms with Crippen LogP contribution in [0.3, 0.4) is 0 Å². The van der Waals surface area contributed by atoms with Crippen LogP contribution in [0, 0.1) is 5.92 Å². The van der Waals surface area contributed by atoms with Crippen molar-refractivity contribution in [1.29, 1.82) is 0 Å². The van der Waals surface area contributed by atoms with E-state index >= 15 is 0 Å². The van der Waals surface area contributed by atoms with Crippen molar-refractivity contribution >= 4 is 5.91 Å². The molecule has 0 saturated carbocycles. The first-order valence-electron chi connectivity index (χ1n) is 8.71. The number of hydrogen-bond acceptors (Lipinski definition) is 6. The SMILES string of the molecule is CCc1nc(CN2CCN(C(=O)[C@H]3CCN[C@@H](C)C3)CC2)no1. The second-order valence-corrected chi connectivity index (χ2v) is 6.64. The van der Waals surface area contributed by atoms with Crippen LogP contribution in [0.1, 0.15) is 38.4 Å². The van der Waals surface area contributed by atoms with Gasteiger partial charge in [-0.1, -0.05) is 12.1 Å². The maximum Gasteiger partial charge on any atom is 0.226 e. The highest BCUT2D eigenvalue weighted by atomic mass is 16.5. The molecule has 1 aromatic rings. The lowest BCUT2D eigenvalue weighted by molar-refractivity contribution is -0.138. The molecule has 0 radical (unpaired) electrons. The summed E-state index contributed by atoms with van der Waals surface area (Å²) in [5.74, 6) is 1.97. The first-order valence-corrected chi connectivity index (χ1v) is 8.71. The van der Waals surface area contributed by atoms with Crippen molar-refractivity contribution in [3.8, 4) is 0 Å². The van der Waals surface area contributed by atoms with Crippen LogP contribution in [0.2, 0.25) is 0 Å². The molecule has 2 fully saturated rings. The van der Waals surface area contributed by atoms with Gasteiger partial charge in [-0.25, -0.2) is 0 Å². The van der Waals surface area contributed by atoms with Crippen LogP contribution in [0.5, 0.6) is 0 Å². The molecular weight excluding hydrogens is 294 g/mol. The van der Waals surface area contributed by atoms with Gasteiger partial charge in [0, 0.05) is 44.6 Å². The van der Waals surface area contributed by atoms with Gasteiger partial charge < -0.3 is 14.7 Å². The third kappa shape index (κ3) is 4.09. The van der Waals surface area contributed by atoms with Gasteiger partial charge in [0.25, 0.3) is 0 Å². The highest BCUT2D eigenvalue weighted by Crippen LogP contribution is 2.20. The molecule has 2 aliphatic rings. The molecule has 2 aliphatic heterocycles. The van der Waals surface area contributed by atoms with E-state index < -0.39 is 0 Å². The van der Waals surface area contributed by atoms with E-state index in [0.29, 0.717) is 24.4 Å². The molecule has 23 heavy (non-hydrogen) atoms. The lowest BCUT2D eigenvalue weighted by Crippen LogP contribution is -2.51. The molecule has 2 atom stereocenters. The minimum Gasteiger partial charge on any atom is -0.340 e. The second kappa shape index (κ2) is 7.40. The molecule has 3 rings (SSSR count). The highest BCUT2D eigenvalue weighted by molar-refractivity contribution is 5.79. The number of piperidine rings is 1. The minimum atomic E-state index is 0.196. The van der Waals surface area contributed by atoms with Crippen molar-refractivity contribution in [2.24, 2.45) is 5.92 Å². The third-order valence-corrected chi connectivity index (χ3v) is 4.83. The molecule has 1 N–H and O–H groups in total. The van der Waals surface area contributed by atoms with Crippen molar-refractivity contribution in [3.63, 3.8) is 0 Å². The van der Waals surface area contributed by atoms with Gasteiger partial charge >= 0.3 is 0 Å². The quantitative estimate of drug-likeness (QED) is 0.878. The van der Waals surface area contributed by atoms with Crippen LogP contribution in [0.25, 0.3) is 0 Å². The number of carbonyl (C=O) groups excluding carboxylic acids is 1. The zero-order valence-corrected chi connectivity index (χ0v) is 14.1. The molecule has 7 heteroatoms. The number of piperazine rings is 1. The Morgan fingerprint density at radius 2 is 2.13 bits per heavy atom. The molecule has 3 heterocycles. The first kappa shape index (κ1) is 16.4. The Kier molecular flexibility index (Phi) is 5.27. The number of aryl methyl sites for hydroxylation is 1. The summed E-state index contributed by atoms with van der Waals surface area (Å²) in [4.78, 5) is 21.3. The third-order valence-electron chi connectivity index (χ3n) is 4.83. The van der Waals surface area contributed by atoms with E-state index in [-0.39, 0.29) is 5.92 Å². The molecule has 0 aromatic carbocycles. The minimum absolute atomic E-state index is 0.196. The number of carbonyl (C=O) groups is 1. The predicted molar refractivity (Wildman–Crippen MR) is 85.7 cm³/mol. The Hall–Kier alpha value is -1.47. The zero-order chi connectivity index (χ0) is 16.2. The summed E-state index contributed by atoms with van der Waals surface area (Å²) in [5.41, 5.74) is 0. The molecule has 0 bridgehead atoms. The Bertz CT molecular complexity index is 524. The summed E-state index contributed by atoms with van der Waals surface area (Å²) in [6.45, 7) is 9.18. The highest BCUT2D eigenvalue weighted by Gasteiger charge is 2.30. The second-order valence-electron chi connectivity index (χ2n) is 6.64. The van der Waals surface area contributed by atoms with Gasteiger partial charge in [-0.15, -0.1) is 0 Å². The summed E-state index contributed by atoms with van der Waals surface area (Å²) < 4.78 is 5.15. The smallest absolute Gasteiger partial charge is 0.226 e. The fourth-order valence-corrected chi connectivity index (χ4v) is 3.44. The number of nitrogens with zero attached hydrogens (tertiary/aromatic N) is 4. The maximum absolute atomic E-state index is 12.6. The maximum atomic E-state index is 12.6. The lowest BCUT2D eigenvalue weighted by Gasteiger charge is -2.37. The monoisotopic (exact) mass is 321 g/mol. The standard InChI is InChI=1S/C16H27N5O2/c1-3-15-18-14(19-23-15)11-20-6-8-21(9-7-20)16(22)13-4-5-17-12(2)10-13/h12-13,17H,3-11H2,1-2H3/t12-,13-/m0/s1. The van der Waals surface area contributed by atoms with Crippen LogP contribution >= 0.6 is 0 Å². The number of amides is 1. The summed E-state index contributed by atoms with van der Waals surface area (Å²) in [6, 6.07) is 0.449. The lowest BCUT2D eigenvalue weighted by atomic mass is 9.92. The van der Waals surface area contributed by atoms with E-state index in [1.54, 1.807) is 0 Å². The van der Waals surface area contributed by atoms with Crippen LogP contribution in [0.15, 0.2) is 4.52 Å². The summed E-state index contributed by atoms with van der Waals surface area (Å²) in [6.07, 6.45) is 2.69. The van der Waals surface area contributed by atoms with Gasteiger partial charge in [-0.2, -0.15) is 4.98 Å². The number of nitrogens with one attached hydrogen (secondary N) is 1.